The fraction of sp³-hybridized carbons (Fsp3) is 0.600. The van der Waals surface area contributed by atoms with Crippen LogP contribution in [0.3, 0.4) is 0 Å². The lowest BCUT2D eigenvalue weighted by Gasteiger charge is -2.29. The summed E-state index contributed by atoms with van der Waals surface area (Å²) >= 11 is 0. The Labute approximate surface area is 159 Å². The van der Waals surface area contributed by atoms with Crippen molar-refractivity contribution in [2.45, 2.75) is 39.0 Å². The number of aromatic nitrogens is 2. The zero-order valence-electron chi connectivity index (χ0n) is 16.3. The van der Waals surface area contributed by atoms with Crippen molar-refractivity contribution in [1.29, 1.82) is 0 Å². The average Bonchev–Trinajstić information content (AvgIpc) is 3.22. The van der Waals surface area contributed by atoms with Gasteiger partial charge in [-0.1, -0.05) is 32.9 Å². The Morgan fingerprint density at radius 2 is 2.22 bits per heavy atom. The molecule has 2 amide bonds. The highest BCUT2D eigenvalue weighted by Crippen LogP contribution is 2.52. The second kappa shape index (κ2) is 6.12. The molecule has 4 atom stereocenters. The first-order valence-corrected chi connectivity index (χ1v) is 9.36. The molecule has 0 radical (unpaired) electrons. The molecule has 7 heteroatoms. The third-order valence-corrected chi connectivity index (χ3v) is 5.55. The van der Waals surface area contributed by atoms with E-state index in [2.05, 4.69) is 30.7 Å². The summed E-state index contributed by atoms with van der Waals surface area (Å²) < 4.78 is 6.19. The first-order valence-electron chi connectivity index (χ1n) is 9.36. The van der Waals surface area contributed by atoms with Gasteiger partial charge in [0.25, 0.3) is 0 Å². The van der Waals surface area contributed by atoms with Gasteiger partial charge in [0.05, 0.1) is 36.7 Å². The number of rotatable bonds is 4. The van der Waals surface area contributed by atoms with Crippen molar-refractivity contribution >= 4 is 11.8 Å². The van der Waals surface area contributed by atoms with Crippen LogP contribution >= 0.6 is 0 Å². The topological polar surface area (TPSA) is 75.6 Å². The lowest BCUT2D eigenvalue weighted by Crippen LogP contribution is -2.45. The molecule has 0 aromatic carbocycles. The number of carbonyl (C=O) groups is 2. The zero-order chi connectivity index (χ0) is 19.4. The molecular weight excluding hydrogens is 344 g/mol. The summed E-state index contributed by atoms with van der Waals surface area (Å²) in [6, 6.07) is 1.79. The second-order valence-corrected chi connectivity index (χ2v) is 9.05. The molecule has 1 aromatic rings. The van der Waals surface area contributed by atoms with E-state index < -0.39 is 17.4 Å². The van der Waals surface area contributed by atoms with Crippen LogP contribution in [-0.4, -0.2) is 63.4 Å². The van der Waals surface area contributed by atoms with E-state index >= 15 is 0 Å². The lowest BCUT2D eigenvalue weighted by molar-refractivity contribution is -0.143. The molecule has 4 heterocycles. The Hall–Kier alpha value is -2.28. The summed E-state index contributed by atoms with van der Waals surface area (Å²) in [5.74, 6) is -0.944. The Balaban J connectivity index is 1.55. The maximum atomic E-state index is 13.2. The van der Waals surface area contributed by atoms with E-state index in [1.54, 1.807) is 24.2 Å². The molecule has 2 bridgehead atoms. The molecule has 1 aromatic heterocycles. The van der Waals surface area contributed by atoms with Crippen molar-refractivity contribution < 1.29 is 14.3 Å². The van der Waals surface area contributed by atoms with Gasteiger partial charge < -0.3 is 14.5 Å². The van der Waals surface area contributed by atoms with E-state index in [4.69, 9.17) is 4.74 Å². The fourth-order valence-electron chi connectivity index (χ4n) is 4.55. The molecule has 2 fully saturated rings. The van der Waals surface area contributed by atoms with Crippen LogP contribution in [-0.2, 0) is 20.9 Å². The van der Waals surface area contributed by atoms with Crippen LogP contribution in [0.5, 0.6) is 0 Å². The third kappa shape index (κ3) is 3.04. The van der Waals surface area contributed by atoms with E-state index in [-0.39, 0.29) is 23.3 Å². The van der Waals surface area contributed by atoms with E-state index in [1.165, 1.54) is 6.33 Å². The molecule has 144 valence electrons. The van der Waals surface area contributed by atoms with Crippen molar-refractivity contribution in [3.05, 3.63) is 36.4 Å². The van der Waals surface area contributed by atoms with Crippen LogP contribution in [0.4, 0.5) is 0 Å². The molecule has 4 rings (SSSR count). The lowest BCUT2D eigenvalue weighted by atomic mass is 9.76. The summed E-state index contributed by atoms with van der Waals surface area (Å²) in [6.07, 6.45) is 6.75. The molecule has 2 saturated heterocycles. The smallest absolute Gasteiger partial charge is 0.230 e. The molecule has 0 aliphatic carbocycles. The molecule has 0 N–H and O–H groups in total. The molecule has 3 aliphatic heterocycles. The van der Waals surface area contributed by atoms with Crippen LogP contribution in [0.1, 0.15) is 26.5 Å². The van der Waals surface area contributed by atoms with Gasteiger partial charge in [-0.15, -0.1) is 0 Å². The second-order valence-electron chi connectivity index (χ2n) is 9.05. The fourth-order valence-corrected chi connectivity index (χ4v) is 4.55. The van der Waals surface area contributed by atoms with Gasteiger partial charge >= 0.3 is 0 Å². The molecule has 3 aliphatic rings. The Bertz CT molecular complexity index is 788. The predicted octanol–water partition coefficient (Wildman–Crippen LogP) is 1.26. The minimum absolute atomic E-state index is 0.00400. The van der Waals surface area contributed by atoms with Gasteiger partial charge in [-0.3, -0.25) is 9.59 Å². The van der Waals surface area contributed by atoms with Crippen LogP contribution in [0.15, 0.2) is 30.7 Å². The van der Waals surface area contributed by atoms with E-state index in [0.29, 0.717) is 19.6 Å². The first-order chi connectivity index (χ1) is 12.7. The largest absolute Gasteiger partial charge is 0.360 e. The highest BCUT2D eigenvalue weighted by molar-refractivity contribution is 5.93. The standard InChI is InChI=1S/C20H26N4O3/c1-19(2,3)10-24-11-20-7-5-14(27-20)15(16(20)18(24)26)17(25)23(4)9-13-6-8-21-12-22-13/h5-8,12,14-16H,9-11H2,1-4H3/t14-,15?,16?,20-/m1/s1. The van der Waals surface area contributed by atoms with Gasteiger partial charge in [-0.05, 0) is 11.5 Å². The van der Waals surface area contributed by atoms with Gasteiger partial charge in [0.1, 0.15) is 11.9 Å². The number of carbonyl (C=O) groups excluding carboxylic acids is 2. The predicted molar refractivity (Wildman–Crippen MR) is 98.3 cm³/mol. The van der Waals surface area contributed by atoms with Crippen LogP contribution in [0.25, 0.3) is 0 Å². The molecule has 1 spiro atoms. The first kappa shape index (κ1) is 18.1. The van der Waals surface area contributed by atoms with Gasteiger partial charge in [0.15, 0.2) is 0 Å². The number of amides is 2. The van der Waals surface area contributed by atoms with Crippen molar-refractivity contribution in [3.8, 4) is 0 Å². The van der Waals surface area contributed by atoms with E-state index in [1.807, 2.05) is 17.1 Å². The maximum absolute atomic E-state index is 13.2. The SMILES string of the molecule is CN(Cc1ccncn1)C(=O)C1C2C(=O)N(CC(C)(C)C)C[C@]23C=C[C@H]1O3. The molecule has 7 nitrogen and oxygen atoms in total. The number of likely N-dealkylation sites (tertiary alicyclic amines) is 1. The molecule has 2 unspecified atom stereocenters. The van der Waals surface area contributed by atoms with Gasteiger partial charge in [0, 0.05) is 19.8 Å². The van der Waals surface area contributed by atoms with Crippen molar-refractivity contribution in [2.24, 2.45) is 17.3 Å². The highest BCUT2D eigenvalue weighted by atomic mass is 16.5. The van der Waals surface area contributed by atoms with Crippen LogP contribution < -0.4 is 0 Å². The summed E-state index contributed by atoms with van der Waals surface area (Å²) in [5, 5.41) is 0. The quantitative estimate of drug-likeness (QED) is 0.746. The van der Waals surface area contributed by atoms with Crippen molar-refractivity contribution in [1.82, 2.24) is 19.8 Å². The minimum Gasteiger partial charge on any atom is -0.360 e. The van der Waals surface area contributed by atoms with E-state index in [9.17, 15) is 9.59 Å². The number of hydrogen-bond acceptors (Lipinski definition) is 5. The normalized spacial score (nSPS) is 31.5. The average molecular weight is 370 g/mol. The maximum Gasteiger partial charge on any atom is 0.230 e. The van der Waals surface area contributed by atoms with Gasteiger partial charge in [-0.25, -0.2) is 9.97 Å². The Morgan fingerprint density at radius 1 is 1.44 bits per heavy atom. The van der Waals surface area contributed by atoms with Crippen LogP contribution in [0, 0.1) is 17.3 Å². The van der Waals surface area contributed by atoms with Crippen LogP contribution in [0.2, 0.25) is 0 Å². The summed E-state index contributed by atoms with van der Waals surface area (Å²) in [7, 11) is 1.75. The summed E-state index contributed by atoms with van der Waals surface area (Å²) in [5.41, 5.74) is 0.112. The monoisotopic (exact) mass is 370 g/mol. The number of ether oxygens (including phenoxy) is 1. The van der Waals surface area contributed by atoms with Gasteiger partial charge in [0.2, 0.25) is 11.8 Å². The van der Waals surface area contributed by atoms with Crippen molar-refractivity contribution in [2.75, 3.05) is 20.1 Å². The zero-order valence-corrected chi connectivity index (χ0v) is 16.3. The van der Waals surface area contributed by atoms with Gasteiger partial charge in [-0.2, -0.15) is 0 Å². The summed E-state index contributed by atoms with van der Waals surface area (Å²) in [6.45, 7) is 7.90. The molecular formula is C20H26N4O3. The Morgan fingerprint density at radius 3 is 2.89 bits per heavy atom. The highest BCUT2D eigenvalue weighted by Gasteiger charge is 2.67. The van der Waals surface area contributed by atoms with E-state index in [0.717, 1.165) is 5.69 Å². The minimum atomic E-state index is -0.650. The summed E-state index contributed by atoms with van der Waals surface area (Å²) in [4.78, 5) is 38.0. The number of nitrogens with zero attached hydrogens (tertiary/aromatic N) is 4. The van der Waals surface area contributed by atoms with Crippen molar-refractivity contribution in [3.63, 3.8) is 0 Å². The third-order valence-electron chi connectivity index (χ3n) is 5.55. The molecule has 0 saturated carbocycles. The Kier molecular flexibility index (Phi) is 4.10. The molecule has 27 heavy (non-hydrogen) atoms. The number of hydrogen-bond donors (Lipinski definition) is 0. The number of fused-ring (bicyclic) bond motifs is 1.